The molecule has 6 nitrogen and oxygen atoms in total. The highest BCUT2D eigenvalue weighted by molar-refractivity contribution is 9.10. The van der Waals surface area contributed by atoms with Crippen LogP contribution in [0, 0.1) is 0 Å². The van der Waals surface area contributed by atoms with Crippen LogP contribution < -0.4 is 20.1 Å². The molecule has 0 aliphatic carbocycles. The number of amides is 2. The quantitative estimate of drug-likeness (QED) is 0.785. The Labute approximate surface area is 147 Å². The van der Waals surface area contributed by atoms with Crippen LogP contribution in [0.3, 0.4) is 0 Å². The second-order valence-electron chi connectivity index (χ2n) is 5.11. The van der Waals surface area contributed by atoms with Gasteiger partial charge in [-0.1, -0.05) is 12.1 Å². The molecule has 1 heterocycles. The number of hydrogen-bond donors (Lipinski definition) is 2. The minimum Gasteiger partial charge on any atom is -0.486 e. The summed E-state index contributed by atoms with van der Waals surface area (Å²) in [5.74, 6) is 0.427. The monoisotopic (exact) mass is 390 g/mol. The minimum atomic E-state index is -0.406. The van der Waals surface area contributed by atoms with Gasteiger partial charge in [-0.15, -0.1) is 0 Å². The highest BCUT2D eigenvalue weighted by atomic mass is 79.9. The number of para-hydroxylation sites is 1. The number of benzene rings is 2. The third-order valence-electron chi connectivity index (χ3n) is 3.29. The van der Waals surface area contributed by atoms with E-state index in [-0.39, 0.29) is 6.42 Å². The lowest BCUT2D eigenvalue weighted by Gasteiger charge is -2.19. The summed E-state index contributed by atoms with van der Waals surface area (Å²) in [5, 5.41) is 5.36. The third kappa shape index (κ3) is 4.05. The minimum absolute atomic E-state index is 0.282. The summed E-state index contributed by atoms with van der Waals surface area (Å²) in [6, 6.07) is 12.3. The molecule has 124 valence electrons. The number of fused-ring (bicyclic) bond motifs is 1. The van der Waals surface area contributed by atoms with Crippen LogP contribution in [0.15, 0.2) is 46.9 Å². The molecule has 2 N–H and O–H groups in total. The van der Waals surface area contributed by atoms with Crippen LogP contribution in [0.5, 0.6) is 11.5 Å². The van der Waals surface area contributed by atoms with E-state index < -0.39 is 11.8 Å². The van der Waals surface area contributed by atoms with Crippen molar-refractivity contribution in [1.82, 2.24) is 0 Å². The molecule has 0 fully saturated rings. The molecule has 2 aromatic rings. The zero-order valence-corrected chi connectivity index (χ0v) is 14.3. The van der Waals surface area contributed by atoms with E-state index in [1.165, 1.54) is 0 Å². The van der Waals surface area contributed by atoms with E-state index in [2.05, 4.69) is 26.6 Å². The summed E-state index contributed by atoms with van der Waals surface area (Å²) in [5.41, 5.74) is 1.17. The Morgan fingerprint density at radius 3 is 2.46 bits per heavy atom. The number of ether oxygens (including phenoxy) is 2. The number of halogens is 1. The highest BCUT2D eigenvalue weighted by Crippen LogP contribution is 2.32. The van der Waals surface area contributed by atoms with Crippen LogP contribution in [-0.2, 0) is 9.59 Å². The summed E-state index contributed by atoms with van der Waals surface area (Å²) in [6.45, 7) is 0.979. The van der Waals surface area contributed by atoms with E-state index in [0.717, 1.165) is 4.47 Å². The van der Waals surface area contributed by atoms with Gasteiger partial charge in [-0.05, 0) is 40.2 Å². The largest absolute Gasteiger partial charge is 0.486 e. The van der Waals surface area contributed by atoms with Crippen LogP contribution in [-0.4, -0.2) is 25.0 Å². The summed E-state index contributed by atoms with van der Waals surface area (Å²) in [6.07, 6.45) is -0.282. The Kier molecular flexibility index (Phi) is 5.00. The number of hydrogen-bond acceptors (Lipinski definition) is 4. The van der Waals surface area contributed by atoms with E-state index >= 15 is 0 Å². The van der Waals surface area contributed by atoms with E-state index in [4.69, 9.17) is 9.47 Å². The molecule has 0 atom stereocenters. The van der Waals surface area contributed by atoms with Gasteiger partial charge in [0.1, 0.15) is 19.6 Å². The van der Waals surface area contributed by atoms with Crippen LogP contribution in [0.4, 0.5) is 11.4 Å². The van der Waals surface area contributed by atoms with Gasteiger partial charge in [-0.3, -0.25) is 9.59 Å². The molecule has 0 radical (unpaired) electrons. The van der Waals surface area contributed by atoms with Crippen LogP contribution >= 0.6 is 15.9 Å². The standard InChI is InChI=1S/C17H15BrN2O4/c18-12-3-1-2-4-13(12)20-17(22)10-16(21)19-11-5-6-14-15(9-11)24-8-7-23-14/h1-6,9H,7-8,10H2,(H,19,21)(H,20,22). The van der Waals surface area contributed by atoms with Crippen LogP contribution in [0.25, 0.3) is 0 Å². The van der Waals surface area contributed by atoms with Crippen molar-refractivity contribution in [2.24, 2.45) is 0 Å². The van der Waals surface area contributed by atoms with E-state index in [1.807, 2.05) is 12.1 Å². The number of anilines is 2. The Hall–Kier alpha value is -2.54. The predicted octanol–water partition coefficient (Wildman–Crippen LogP) is 3.19. The van der Waals surface area contributed by atoms with Gasteiger partial charge in [0, 0.05) is 16.2 Å². The third-order valence-corrected chi connectivity index (χ3v) is 3.99. The van der Waals surface area contributed by atoms with Crippen molar-refractivity contribution >= 4 is 39.1 Å². The molecular weight excluding hydrogens is 376 g/mol. The molecule has 0 spiro atoms. The van der Waals surface area contributed by atoms with Gasteiger partial charge in [0.25, 0.3) is 0 Å². The van der Waals surface area contributed by atoms with Gasteiger partial charge in [0.05, 0.1) is 5.69 Å². The van der Waals surface area contributed by atoms with Crippen molar-refractivity contribution in [3.63, 3.8) is 0 Å². The zero-order chi connectivity index (χ0) is 16.9. The SMILES string of the molecule is O=C(CC(=O)Nc1ccccc1Br)Nc1ccc2c(c1)OCCO2. The normalized spacial score (nSPS) is 12.4. The molecule has 24 heavy (non-hydrogen) atoms. The van der Waals surface area contributed by atoms with Gasteiger partial charge >= 0.3 is 0 Å². The summed E-state index contributed by atoms with van der Waals surface area (Å²) in [4.78, 5) is 24.0. The molecule has 0 saturated carbocycles. The molecule has 7 heteroatoms. The second kappa shape index (κ2) is 7.35. The first-order chi connectivity index (χ1) is 11.6. The lowest BCUT2D eigenvalue weighted by Crippen LogP contribution is -2.22. The number of carbonyl (C=O) groups is 2. The van der Waals surface area contributed by atoms with Gasteiger partial charge < -0.3 is 20.1 Å². The first-order valence-corrected chi connectivity index (χ1v) is 8.15. The smallest absolute Gasteiger partial charge is 0.233 e. The Morgan fingerprint density at radius 1 is 0.958 bits per heavy atom. The Bertz CT molecular complexity index is 779. The zero-order valence-electron chi connectivity index (χ0n) is 12.7. The van der Waals surface area contributed by atoms with Gasteiger partial charge in [0.15, 0.2) is 11.5 Å². The van der Waals surface area contributed by atoms with Crippen LogP contribution in [0.1, 0.15) is 6.42 Å². The molecule has 3 rings (SSSR count). The number of carbonyl (C=O) groups excluding carboxylic acids is 2. The summed E-state index contributed by atoms with van der Waals surface area (Å²) < 4.78 is 11.6. The molecule has 0 saturated heterocycles. The molecule has 0 bridgehead atoms. The molecular formula is C17H15BrN2O4. The average Bonchev–Trinajstić information content (AvgIpc) is 2.56. The lowest BCUT2D eigenvalue weighted by atomic mass is 10.2. The molecule has 1 aliphatic rings. The molecule has 0 unspecified atom stereocenters. The summed E-state index contributed by atoms with van der Waals surface area (Å²) in [7, 11) is 0. The maximum absolute atomic E-state index is 12.0. The summed E-state index contributed by atoms with van der Waals surface area (Å²) >= 11 is 3.34. The molecule has 2 amide bonds. The van der Waals surface area contributed by atoms with Crippen molar-refractivity contribution in [3.8, 4) is 11.5 Å². The molecule has 2 aromatic carbocycles. The topological polar surface area (TPSA) is 76.7 Å². The fourth-order valence-electron chi connectivity index (χ4n) is 2.23. The van der Waals surface area contributed by atoms with Crippen molar-refractivity contribution in [1.29, 1.82) is 0 Å². The van der Waals surface area contributed by atoms with E-state index in [9.17, 15) is 9.59 Å². The highest BCUT2D eigenvalue weighted by Gasteiger charge is 2.14. The average molecular weight is 391 g/mol. The van der Waals surface area contributed by atoms with E-state index in [1.54, 1.807) is 30.3 Å². The maximum Gasteiger partial charge on any atom is 0.233 e. The Balaban J connectivity index is 1.57. The first kappa shape index (κ1) is 16.3. The van der Waals surface area contributed by atoms with Crippen molar-refractivity contribution in [2.45, 2.75) is 6.42 Å². The van der Waals surface area contributed by atoms with Gasteiger partial charge in [0.2, 0.25) is 11.8 Å². The molecule has 0 aromatic heterocycles. The van der Waals surface area contributed by atoms with Crippen molar-refractivity contribution < 1.29 is 19.1 Å². The fourth-order valence-corrected chi connectivity index (χ4v) is 2.61. The lowest BCUT2D eigenvalue weighted by molar-refractivity contribution is -0.123. The first-order valence-electron chi connectivity index (χ1n) is 7.36. The number of rotatable bonds is 4. The maximum atomic E-state index is 12.0. The van der Waals surface area contributed by atoms with Crippen molar-refractivity contribution in [3.05, 3.63) is 46.9 Å². The van der Waals surface area contributed by atoms with Crippen LogP contribution in [0.2, 0.25) is 0 Å². The fraction of sp³-hybridized carbons (Fsp3) is 0.176. The number of nitrogens with one attached hydrogen (secondary N) is 2. The van der Waals surface area contributed by atoms with Gasteiger partial charge in [-0.2, -0.15) is 0 Å². The predicted molar refractivity (Wildman–Crippen MR) is 93.5 cm³/mol. The molecule has 1 aliphatic heterocycles. The Morgan fingerprint density at radius 2 is 1.67 bits per heavy atom. The van der Waals surface area contributed by atoms with E-state index in [0.29, 0.717) is 36.1 Å². The van der Waals surface area contributed by atoms with Crippen molar-refractivity contribution in [2.75, 3.05) is 23.8 Å². The second-order valence-corrected chi connectivity index (χ2v) is 5.97. The van der Waals surface area contributed by atoms with Gasteiger partial charge in [-0.25, -0.2) is 0 Å².